The van der Waals surface area contributed by atoms with Gasteiger partial charge < -0.3 is 15.2 Å². The van der Waals surface area contributed by atoms with Gasteiger partial charge in [0.2, 0.25) is 5.75 Å². The summed E-state index contributed by atoms with van der Waals surface area (Å²) in [6, 6.07) is 23.4. The topological polar surface area (TPSA) is 44.5 Å². The Labute approximate surface area is 146 Å². The molecule has 4 heteroatoms. The molecular formula is C21H20FNO2. The van der Waals surface area contributed by atoms with Crippen molar-refractivity contribution in [3.8, 4) is 17.2 Å². The van der Waals surface area contributed by atoms with E-state index in [-0.39, 0.29) is 18.4 Å². The number of halogens is 1. The molecule has 3 nitrogen and oxygen atoms in total. The van der Waals surface area contributed by atoms with E-state index < -0.39 is 5.82 Å². The predicted octanol–water partition coefficient (Wildman–Crippen LogP) is 4.57. The molecule has 0 saturated carbocycles. The van der Waals surface area contributed by atoms with Gasteiger partial charge in [-0.3, -0.25) is 0 Å². The van der Waals surface area contributed by atoms with E-state index in [0.29, 0.717) is 17.9 Å². The van der Waals surface area contributed by atoms with Gasteiger partial charge in [-0.05, 0) is 36.2 Å². The van der Waals surface area contributed by atoms with Crippen molar-refractivity contribution >= 4 is 0 Å². The highest BCUT2D eigenvalue weighted by Gasteiger charge is 2.14. The second-order valence-corrected chi connectivity index (χ2v) is 5.74. The molecule has 0 aliphatic carbocycles. The van der Waals surface area contributed by atoms with Crippen LogP contribution in [0.15, 0.2) is 78.9 Å². The van der Waals surface area contributed by atoms with Gasteiger partial charge in [0.25, 0.3) is 0 Å². The molecule has 3 aromatic rings. The number of nitrogens with two attached hydrogens (primary N) is 1. The van der Waals surface area contributed by atoms with Crippen LogP contribution < -0.4 is 15.2 Å². The van der Waals surface area contributed by atoms with Crippen molar-refractivity contribution in [2.24, 2.45) is 5.73 Å². The van der Waals surface area contributed by atoms with Gasteiger partial charge in [-0.1, -0.05) is 54.6 Å². The van der Waals surface area contributed by atoms with Gasteiger partial charge in [-0.15, -0.1) is 0 Å². The molecule has 3 rings (SSSR count). The summed E-state index contributed by atoms with van der Waals surface area (Å²) in [6.07, 6.45) is 0.686. The van der Waals surface area contributed by atoms with Gasteiger partial charge in [0.05, 0.1) is 0 Å². The second kappa shape index (κ2) is 8.31. The van der Waals surface area contributed by atoms with E-state index in [0.717, 1.165) is 5.56 Å². The van der Waals surface area contributed by atoms with Crippen molar-refractivity contribution in [1.82, 2.24) is 0 Å². The van der Waals surface area contributed by atoms with Crippen molar-refractivity contribution in [3.05, 3.63) is 90.2 Å². The van der Waals surface area contributed by atoms with Gasteiger partial charge in [0.1, 0.15) is 12.4 Å². The summed E-state index contributed by atoms with van der Waals surface area (Å²) >= 11 is 0. The first kappa shape index (κ1) is 17.0. The lowest BCUT2D eigenvalue weighted by atomic mass is 10.1. The van der Waals surface area contributed by atoms with Crippen LogP contribution in [0.4, 0.5) is 4.39 Å². The summed E-state index contributed by atoms with van der Waals surface area (Å²) in [5.41, 5.74) is 7.27. The minimum absolute atomic E-state index is 0.0700. The third-order valence-corrected chi connectivity index (χ3v) is 3.69. The monoisotopic (exact) mass is 337 g/mol. The van der Waals surface area contributed by atoms with Crippen LogP contribution in [-0.4, -0.2) is 12.6 Å². The molecule has 3 aromatic carbocycles. The first-order chi connectivity index (χ1) is 12.2. The van der Waals surface area contributed by atoms with Crippen LogP contribution in [0.3, 0.4) is 0 Å². The van der Waals surface area contributed by atoms with Gasteiger partial charge in [0, 0.05) is 6.04 Å². The Balaban J connectivity index is 1.67. The maximum atomic E-state index is 14.2. The molecule has 0 saturated heterocycles. The summed E-state index contributed by atoms with van der Waals surface area (Å²) in [4.78, 5) is 0. The van der Waals surface area contributed by atoms with Crippen molar-refractivity contribution < 1.29 is 13.9 Å². The molecule has 0 fully saturated rings. The minimum Gasteiger partial charge on any atom is -0.488 e. The molecule has 0 unspecified atom stereocenters. The molecule has 0 aliphatic heterocycles. The summed E-state index contributed by atoms with van der Waals surface area (Å²) in [5, 5.41) is 0. The molecule has 0 amide bonds. The Hall–Kier alpha value is -2.85. The van der Waals surface area contributed by atoms with E-state index in [1.54, 1.807) is 24.3 Å². The zero-order valence-electron chi connectivity index (χ0n) is 13.8. The van der Waals surface area contributed by atoms with Gasteiger partial charge >= 0.3 is 0 Å². The quantitative estimate of drug-likeness (QED) is 0.687. The Kier molecular flexibility index (Phi) is 5.65. The molecule has 2 N–H and O–H groups in total. The highest BCUT2D eigenvalue weighted by atomic mass is 19.1. The van der Waals surface area contributed by atoms with E-state index in [9.17, 15) is 4.39 Å². The molecule has 0 spiro atoms. The molecule has 0 aliphatic rings. The number of benzene rings is 3. The first-order valence-electron chi connectivity index (χ1n) is 8.16. The van der Waals surface area contributed by atoms with Gasteiger partial charge in [0.15, 0.2) is 11.6 Å². The third kappa shape index (κ3) is 4.81. The maximum Gasteiger partial charge on any atom is 0.204 e. The Bertz CT molecular complexity index is 794. The summed E-state index contributed by atoms with van der Waals surface area (Å²) in [6.45, 7) is 0.267. The number of hydrogen-bond donors (Lipinski definition) is 1. The van der Waals surface area contributed by atoms with Crippen LogP contribution >= 0.6 is 0 Å². The van der Waals surface area contributed by atoms with Crippen LogP contribution in [-0.2, 0) is 6.42 Å². The van der Waals surface area contributed by atoms with E-state index in [4.69, 9.17) is 15.2 Å². The molecule has 25 heavy (non-hydrogen) atoms. The normalized spacial score (nSPS) is 11.8. The number of ether oxygens (including phenoxy) is 2. The minimum atomic E-state index is -0.474. The fraction of sp³-hybridized carbons (Fsp3) is 0.143. The van der Waals surface area contributed by atoms with E-state index >= 15 is 0 Å². The lowest BCUT2D eigenvalue weighted by Gasteiger charge is -2.16. The Morgan fingerprint density at radius 3 is 2.24 bits per heavy atom. The summed E-state index contributed by atoms with van der Waals surface area (Å²) in [5.74, 6) is 0.483. The fourth-order valence-corrected chi connectivity index (χ4v) is 2.48. The highest BCUT2D eigenvalue weighted by molar-refractivity contribution is 5.44. The standard InChI is InChI=1S/C21H20FNO2/c22-19-12-7-13-20(21(19)25-18-10-5-2-6-11-18)24-15-17(23)14-16-8-3-1-4-9-16/h1-13,17H,14-15,23H2/t17-/m0/s1. The summed E-state index contributed by atoms with van der Waals surface area (Å²) < 4.78 is 25.6. The largest absolute Gasteiger partial charge is 0.488 e. The average molecular weight is 337 g/mol. The Morgan fingerprint density at radius 1 is 0.840 bits per heavy atom. The van der Waals surface area contributed by atoms with Crippen LogP contribution in [0.2, 0.25) is 0 Å². The Morgan fingerprint density at radius 2 is 1.52 bits per heavy atom. The first-order valence-corrected chi connectivity index (χ1v) is 8.16. The molecule has 1 atom stereocenters. The van der Waals surface area contributed by atoms with Crippen LogP contribution in [0.1, 0.15) is 5.56 Å². The number of para-hydroxylation sites is 2. The van der Waals surface area contributed by atoms with Crippen LogP contribution in [0, 0.1) is 5.82 Å². The van der Waals surface area contributed by atoms with Crippen molar-refractivity contribution in [2.45, 2.75) is 12.5 Å². The molecule has 0 heterocycles. The van der Waals surface area contributed by atoms with E-state index in [1.807, 2.05) is 48.5 Å². The SMILES string of the molecule is N[C@H](COc1cccc(F)c1Oc1ccccc1)Cc1ccccc1. The van der Waals surface area contributed by atoms with Crippen LogP contribution in [0.5, 0.6) is 17.2 Å². The zero-order valence-corrected chi connectivity index (χ0v) is 13.8. The molecule has 0 radical (unpaired) electrons. The molecule has 0 bridgehead atoms. The van der Waals surface area contributed by atoms with Crippen LogP contribution in [0.25, 0.3) is 0 Å². The third-order valence-electron chi connectivity index (χ3n) is 3.69. The molecular weight excluding hydrogens is 317 g/mol. The van der Waals surface area contributed by atoms with Crippen molar-refractivity contribution in [1.29, 1.82) is 0 Å². The van der Waals surface area contributed by atoms with Gasteiger partial charge in [-0.25, -0.2) is 4.39 Å². The second-order valence-electron chi connectivity index (χ2n) is 5.74. The van der Waals surface area contributed by atoms with Crippen molar-refractivity contribution in [3.63, 3.8) is 0 Å². The van der Waals surface area contributed by atoms with E-state index in [2.05, 4.69) is 0 Å². The smallest absolute Gasteiger partial charge is 0.204 e. The number of hydrogen-bond acceptors (Lipinski definition) is 3. The van der Waals surface area contributed by atoms with Crippen molar-refractivity contribution in [2.75, 3.05) is 6.61 Å². The molecule has 128 valence electrons. The predicted molar refractivity (Wildman–Crippen MR) is 96.5 cm³/mol. The lowest BCUT2D eigenvalue weighted by Crippen LogP contribution is -2.30. The fourth-order valence-electron chi connectivity index (χ4n) is 2.48. The zero-order chi connectivity index (χ0) is 17.5. The lowest BCUT2D eigenvalue weighted by molar-refractivity contribution is 0.272. The van der Waals surface area contributed by atoms with E-state index in [1.165, 1.54) is 6.07 Å². The number of rotatable bonds is 7. The average Bonchev–Trinajstić information content (AvgIpc) is 2.64. The summed E-state index contributed by atoms with van der Waals surface area (Å²) in [7, 11) is 0. The highest BCUT2D eigenvalue weighted by Crippen LogP contribution is 2.34. The maximum absolute atomic E-state index is 14.2. The molecule has 0 aromatic heterocycles. The van der Waals surface area contributed by atoms with Gasteiger partial charge in [-0.2, -0.15) is 0 Å².